The Hall–Kier alpha value is -3.62. The van der Waals surface area contributed by atoms with Crippen molar-refractivity contribution < 1.29 is 8.42 Å². The number of hydrogen-bond donors (Lipinski definition) is 1. The Balaban J connectivity index is 1.51. The number of halogens is 1. The zero-order chi connectivity index (χ0) is 22.9. The molecular weight excluding hydrogens is 460 g/mol. The minimum Gasteiger partial charge on any atom is -0.341 e. The molecule has 2 aromatic heterocycles. The molecule has 9 heteroatoms. The average molecular weight is 477 g/mol. The van der Waals surface area contributed by atoms with E-state index in [-0.39, 0.29) is 16.9 Å². The van der Waals surface area contributed by atoms with Crippen LogP contribution in [0.5, 0.6) is 0 Å². The number of H-pyrrole nitrogens is 1. The third kappa shape index (κ3) is 2.91. The minimum absolute atomic E-state index is 0.00779. The van der Waals surface area contributed by atoms with Gasteiger partial charge in [0.25, 0.3) is 10.0 Å². The Labute approximate surface area is 193 Å². The molecule has 0 atom stereocenters. The molecule has 7 nitrogen and oxygen atoms in total. The van der Waals surface area contributed by atoms with Gasteiger partial charge in [0.05, 0.1) is 33.9 Å². The van der Waals surface area contributed by atoms with Crippen LogP contribution >= 0.6 is 11.6 Å². The lowest BCUT2D eigenvalue weighted by Gasteiger charge is -2.19. The van der Waals surface area contributed by atoms with Gasteiger partial charge in [0.1, 0.15) is 5.65 Å². The van der Waals surface area contributed by atoms with Gasteiger partial charge < -0.3 is 4.98 Å². The molecule has 5 aromatic rings. The molecule has 3 heterocycles. The fourth-order valence-electron chi connectivity index (χ4n) is 4.49. The number of nitrogens with one attached hydrogen (secondary N) is 1. The van der Waals surface area contributed by atoms with Gasteiger partial charge in [-0.25, -0.2) is 13.1 Å². The number of benzene rings is 3. The van der Waals surface area contributed by atoms with Crippen molar-refractivity contribution in [3.8, 4) is 5.69 Å². The van der Waals surface area contributed by atoms with Gasteiger partial charge in [-0.1, -0.05) is 35.9 Å². The van der Waals surface area contributed by atoms with Crippen LogP contribution in [0.15, 0.2) is 76.4 Å². The fourth-order valence-corrected chi connectivity index (χ4v) is 6.31. The number of hydrogen-bond acceptors (Lipinski definition) is 4. The van der Waals surface area contributed by atoms with Crippen LogP contribution in [0.3, 0.4) is 0 Å². The normalized spacial score (nSPS) is 14.4. The van der Waals surface area contributed by atoms with E-state index in [1.807, 2.05) is 30.3 Å². The number of nitrogens with zero attached hydrogens (tertiary/aromatic N) is 3. The Kier molecular flexibility index (Phi) is 4.21. The van der Waals surface area contributed by atoms with Crippen LogP contribution in [0.2, 0.25) is 5.02 Å². The highest BCUT2D eigenvalue weighted by atomic mass is 35.5. The third-order valence-corrected chi connectivity index (χ3v) is 8.01. The highest BCUT2D eigenvalue weighted by Gasteiger charge is 2.35. The molecule has 0 saturated carbocycles. The molecule has 164 valence electrons. The van der Waals surface area contributed by atoms with Gasteiger partial charge in [0.15, 0.2) is 5.43 Å². The highest BCUT2D eigenvalue weighted by Crippen LogP contribution is 2.42. The van der Waals surface area contributed by atoms with E-state index in [4.69, 9.17) is 11.6 Å². The summed E-state index contributed by atoms with van der Waals surface area (Å²) in [4.78, 5) is 16.5. The summed E-state index contributed by atoms with van der Waals surface area (Å²) >= 11 is 6.02. The number of fused-ring (bicyclic) bond motifs is 1. The molecule has 0 saturated heterocycles. The van der Waals surface area contributed by atoms with Crippen LogP contribution in [0.25, 0.3) is 27.5 Å². The van der Waals surface area contributed by atoms with Crippen molar-refractivity contribution in [2.45, 2.75) is 18.4 Å². The number of anilines is 1. The Morgan fingerprint density at radius 2 is 1.73 bits per heavy atom. The van der Waals surface area contributed by atoms with Crippen molar-refractivity contribution in [1.82, 2.24) is 14.8 Å². The van der Waals surface area contributed by atoms with Crippen molar-refractivity contribution in [3.63, 3.8) is 0 Å². The Morgan fingerprint density at radius 3 is 2.48 bits per heavy atom. The quantitative estimate of drug-likeness (QED) is 0.414. The van der Waals surface area contributed by atoms with Gasteiger partial charge in [-0.3, -0.25) is 9.10 Å². The molecule has 0 aliphatic carbocycles. The molecule has 0 bridgehead atoms. The second kappa shape index (κ2) is 6.94. The minimum atomic E-state index is -3.75. The van der Waals surface area contributed by atoms with E-state index in [1.165, 1.54) is 10.4 Å². The molecule has 0 unspecified atom stereocenters. The molecule has 0 spiro atoms. The van der Waals surface area contributed by atoms with E-state index in [0.717, 1.165) is 11.1 Å². The second-order valence-electron chi connectivity index (χ2n) is 8.00. The zero-order valence-electron chi connectivity index (χ0n) is 17.4. The predicted molar refractivity (Wildman–Crippen MR) is 129 cm³/mol. The van der Waals surface area contributed by atoms with Gasteiger partial charge in [0.2, 0.25) is 0 Å². The number of pyridine rings is 1. The fraction of sp³-hybridized carbons (Fsp3) is 0.0833. The summed E-state index contributed by atoms with van der Waals surface area (Å²) in [6, 6.07) is 19.3. The largest absolute Gasteiger partial charge is 0.341 e. The summed E-state index contributed by atoms with van der Waals surface area (Å²) < 4.78 is 29.7. The van der Waals surface area contributed by atoms with Gasteiger partial charge in [-0.2, -0.15) is 5.10 Å². The topological polar surface area (TPSA) is 88.1 Å². The van der Waals surface area contributed by atoms with Crippen molar-refractivity contribution in [2.75, 3.05) is 4.31 Å². The number of aromatic nitrogens is 3. The number of aromatic amines is 1. The van der Waals surface area contributed by atoms with Crippen molar-refractivity contribution in [1.29, 1.82) is 0 Å². The van der Waals surface area contributed by atoms with Crippen LogP contribution < -0.4 is 9.73 Å². The van der Waals surface area contributed by atoms with Gasteiger partial charge in [0, 0.05) is 22.2 Å². The number of rotatable bonds is 3. The smallest absolute Gasteiger partial charge is 0.265 e. The molecule has 1 aliphatic heterocycles. The first kappa shape index (κ1) is 20.0. The number of aryl methyl sites for hydroxylation is 1. The molecule has 0 fully saturated rings. The summed E-state index contributed by atoms with van der Waals surface area (Å²) in [6.45, 7) is 1.76. The lowest BCUT2D eigenvalue weighted by atomic mass is 10.1. The van der Waals surface area contributed by atoms with Crippen molar-refractivity contribution >= 4 is 49.1 Å². The van der Waals surface area contributed by atoms with Gasteiger partial charge >= 0.3 is 0 Å². The average Bonchev–Trinajstić information content (AvgIpc) is 3.23. The van der Waals surface area contributed by atoms with Crippen LogP contribution in [0.1, 0.15) is 11.4 Å². The van der Waals surface area contributed by atoms with Crippen molar-refractivity contribution in [2.24, 2.45) is 0 Å². The maximum atomic E-state index is 13.3. The Bertz CT molecular complexity index is 1750. The van der Waals surface area contributed by atoms with Crippen LogP contribution in [-0.4, -0.2) is 23.2 Å². The zero-order valence-corrected chi connectivity index (χ0v) is 19.0. The first-order chi connectivity index (χ1) is 15.8. The summed E-state index contributed by atoms with van der Waals surface area (Å²) in [7, 11) is -3.75. The monoisotopic (exact) mass is 476 g/mol. The van der Waals surface area contributed by atoms with Crippen LogP contribution in [0, 0.1) is 6.92 Å². The molecule has 3 aromatic carbocycles. The molecular formula is C24H17ClN4O3S. The standard InChI is InChI=1S/C24H17ClN4O3S/c1-14-22-20(30)12-17(26-24(22)29(27-14)18-10-8-16(25)9-11-18)13-28-19-6-2-4-15-5-3-7-21(23(15)19)33(28,31)32/h2-12H,13H2,1H3,(H,26,30). The summed E-state index contributed by atoms with van der Waals surface area (Å²) in [5.74, 6) is 0. The molecule has 0 radical (unpaired) electrons. The van der Waals surface area contributed by atoms with Crippen LogP contribution in [-0.2, 0) is 16.6 Å². The molecule has 0 amide bonds. The van der Waals surface area contributed by atoms with E-state index < -0.39 is 10.0 Å². The lowest BCUT2D eigenvalue weighted by molar-refractivity contribution is 0.593. The second-order valence-corrected chi connectivity index (χ2v) is 10.3. The molecule has 6 rings (SSSR count). The molecule has 33 heavy (non-hydrogen) atoms. The number of sulfonamides is 1. The lowest BCUT2D eigenvalue weighted by Crippen LogP contribution is -2.27. The summed E-state index contributed by atoms with van der Waals surface area (Å²) in [6.07, 6.45) is 0. The SMILES string of the molecule is Cc1nn(-c2ccc(Cl)cc2)c2[nH]c(CN3c4cccc5cccc(c45)S3(=O)=O)cc(=O)c12. The summed E-state index contributed by atoms with van der Waals surface area (Å²) in [5.41, 5.74) is 2.67. The highest BCUT2D eigenvalue weighted by molar-refractivity contribution is 7.93. The van der Waals surface area contributed by atoms with E-state index in [2.05, 4.69) is 10.1 Å². The van der Waals surface area contributed by atoms with E-state index in [0.29, 0.717) is 38.5 Å². The predicted octanol–water partition coefficient (Wildman–Crippen LogP) is 4.54. The van der Waals surface area contributed by atoms with Crippen LogP contribution in [0.4, 0.5) is 5.69 Å². The summed E-state index contributed by atoms with van der Waals surface area (Å²) in [5, 5.41) is 7.14. The van der Waals surface area contributed by atoms with Gasteiger partial charge in [-0.05, 0) is 48.7 Å². The maximum Gasteiger partial charge on any atom is 0.265 e. The van der Waals surface area contributed by atoms with Gasteiger partial charge in [-0.15, -0.1) is 0 Å². The first-order valence-corrected chi connectivity index (χ1v) is 12.1. The molecule has 1 aliphatic rings. The van der Waals surface area contributed by atoms with E-state index >= 15 is 0 Å². The first-order valence-electron chi connectivity index (χ1n) is 10.3. The van der Waals surface area contributed by atoms with E-state index in [9.17, 15) is 13.2 Å². The molecule has 1 N–H and O–H groups in total. The Morgan fingerprint density at radius 1 is 1.00 bits per heavy atom. The van der Waals surface area contributed by atoms with E-state index in [1.54, 1.807) is 41.9 Å². The maximum absolute atomic E-state index is 13.3. The van der Waals surface area contributed by atoms with Crippen molar-refractivity contribution in [3.05, 3.63) is 93.4 Å². The third-order valence-electron chi connectivity index (χ3n) is 5.96.